The second-order valence-electron chi connectivity index (χ2n) is 4.44. The Kier molecular flexibility index (Phi) is 3.50. The number of non-ortho nitro benzene ring substituents is 1. The van der Waals surface area contributed by atoms with Gasteiger partial charge in [0, 0.05) is 24.7 Å². The van der Waals surface area contributed by atoms with Crippen molar-refractivity contribution in [2.45, 2.75) is 18.9 Å². The van der Waals surface area contributed by atoms with E-state index >= 15 is 0 Å². The molecule has 0 unspecified atom stereocenters. The Morgan fingerprint density at radius 3 is 2.74 bits per heavy atom. The first-order valence-electron chi connectivity index (χ1n) is 5.94. The van der Waals surface area contributed by atoms with E-state index in [0.29, 0.717) is 18.3 Å². The molecule has 19 heavy (non-hydrogen) atoms. The molecule has 1 fully saturated rings. The van der Waals surface area contributed by atoms with Gasteiger partial charge in [0.25, 0.3) is 5.69 Å². The molecule has 1 aromatic carbocycles. The van der Waals surface area contributed by atoms with Gasteiger partial charge in [0.2, 0.25) is 0 Å². The Balaban J connectivity index is 2.45. The lowest BCUT2D eigenvalue weighted by atomic mass is 10.1. The SMILES string of the molecule is C=CCN(c1ccc([N+](=O)[O-])cc1C(=O)O)C1CC1. The van der Waals surface area contributed by atoms with E-state index in [4.69, 9.17) is 0 Å². The van der Waals surface area contributed by atoms with Crippen molar-refractivity contribution in [3.8, 4) is 0 Å². The highest BCUT2D eigenvalue weighted by atomic mass is 16.6. The first kappa shape index (κ1) is 13.1. The van der Waals surface area contributed by atoms with Crippen molar-refractivity contribution >= 4 is 17.3 Å². The van der Waals surface area contributed by atoms with Gasteiger partial charge in [-0.25, -0.2) is 4.79 Å². The standard InChI is InChI=1S/C13H14N2O4/c1-2-7-14(9-3-4-9)12-6-5-10(15(18)19)8-11(12)13(16)17/h2,5-6,8-9H,1,3-4,7H2,(H,16,17). The first-order valence-corrected chi connectivity index (χ1v) is 5.94. The predicted molar refractivity (Wildman–Crippen MR) is 70.6 cm³/mol. The largest absolute Gasteiger partial charge is 0.478 e. The van der Waals surface area contributed by atoms with Crippen molar-refractivity contribution in [1.82, 2.24) is 0 Å². The molecule has 0 atom stereocenters. The zero-order valence-corrected chi connectivity index (χ0v) is 10.3. The third-order valence-corrected chi connectivity index (χ3v) is 3.04. The van der Waals surface area contributed by atoms with Gasteiger partial charge in [0.05, 0.1) is 16.2 Å². The van der Waals surface area contributed by atoms with Gasteiger partial charge in [-0.3, -0.25) is 10.1 Å². The third-order valence-electron chi connectivity index (χ3n) is 3.04. The summed E-state index contributed by atoms with van der Waals surface area (Å²) in [6.45, 7) is 4.19. The number of nitro groups is 1. The molecule has 6 heteroatoms. The molecule has 0 aliphatic heterocycles. The number of nitro benzene ring substituents is 1. The Morgan fingerprint density at radius 2 is 2.26 bits per heavy atom. The number of hydrogen-bond donors (Lipinski definition) is 1. The number of aromatic carboxylic acids is 1. The van der Waals surface area contributed by atoms with E-state index in [1.54, 1.807) is 6.08 Å². The average molecular weight is 262 g/mol. The maximum absolute atomic E-state index is 11.3. The van der Waals surface area contributed by atoms with Crippen LogP contribution in [0.3, 0.4) is 0 Å². The number of carboxylic acids is 1. The maximum atomic E-state index is 11.3. The molecule has 0 spiro atoms. The first-order chi connectivity index (χ1) is 9.04. The lowest BCUT2D eigenvalue weighted by Gasteiger charge is -2.24. The van der Waals surface area contributed by atoms with Crippen molar-refractivity contribution < 1.29 is 14.8 Å². The van der Waals surface area contributed by atoms with Crippen LogP contribution < -0.4 is 4.90 Å². The molecule has 1 saturated carbocycles. The van der Waals surface area contributed by atoms with Crippen LogP contribution in [-0.4, -0.2) is 28.6 Å². The lowest BCUT2D eigenvalue weighted by Crippen LogP contribution is -2.27. The molecule has 0 saturated heterocycles. The average Bonchev–Trinajstić information content (AvgIpc) is 3.19. The van der Waals surface area contributed by atoms with Gasteiger partial charge >= 0.3 is 5.97 Å². The second-order valence-corrected chi connectivity index (χ2v) is 4.44. The number of carboxylic acid groups (broad SMARTS) is 1. The number of hydrogen-bond acceptors (Lipinski definition) is 4. The van der Waals surface area contributed by atoms with E-state index in [9.17, 15) is 20.0 Å². The molecule has 0 amide bonds. The van der Waals surface area contributed by atoms with Crippen molar-refractivity contribution in [3.05, 3.63) is 46.5 Å². The molecule has 0 radical (unpaired) electrons. The van der Waals surface area contributed by atoms with E-state index in [0.717, 1.165) is 18.9 Å². The van der Waals surface area contributed by atoms with Crippen LogP contribution >= 0.6 is 0 Å². The fourth-order valence-electron chi connectivity index (χ4n) is 2.03. The maximum Gasteiger partial charge on any atom is 0.338 e. The summed E-state index contributed by atoms with van der Waals surface area (Å²) in [7, 11) is 0. The van der Waals surface area contributed by atoms with E-state index in [1.807, 2.05) is 4.90 Å². The third kappa shape index (κ3) is 2.73. The molecule has 1 aliphatic rings. The number of rotatable bonds is 6. The Bertz CT molecular complexity index is 537. The van der Waals surface area contributed by atoms with Crippen LogP contribution in [0.2, 0.25) is 0 Å². The van der Waals surface area contributed by atoms with E-state index in [1.165, 1.54) is 12.1 Å². The summed E-state index contributed by atoms with van der Waals surface area (Å²) in [5.74, 6) is -1.16. The zero-order chi connectivity index (χ0) is 14.0. The second kappa shape index (κ2) is 5.09. The normalized spacial score (nSPS) is 13.9. The van der Waals surface area contributed by atoms with Crippen molar-refractivity contribution in [3.63, 3.8) is 0 Å². The van der Waals surface area contributed by atoms with Gasteiger partial charge in [-0.2, -0.15) is 0 Å². The smallest absolute Gasteiger partial charge is 0.338 e. The molecule has 1 aliphatic carbocycles. The summed E-state index contributed by atoms with van der Waals surface area (Å²) in [5.41, 5.74) is 0.263. The summed E-state index contributed by atoms with van der Waals surface area (Å²) < 4.78 is 0. The Morgan fingerprint density at radius 1 is 1.58 bits per heavy atom. The quantitative estimate of drug-likeness (QED) is 0.483. The Labute approximate surface area is 110 Å². The monoisotopic (exact) mass is 262 g/mol. The molecule has 1 aromatic rings. The van der Waals surface area contributed by atoms with Crippen LogP contribution in [0, 0.1) is 10.1 Å². The number of benzene rings is 1. The molecule has 0 heterocycles. The minimum Gasteiger partial charge on any atom is -0.478 e. The van der Waals surface area contributed by atoms with Crippen LogP contribution in [0.4, 0.5) is 11.4 Å². The minimum absolute atomic E-state index is 0.0389. The van der Waals surface area contributed by atoms with Crippen LogP contribution in [0.25, 0.3) is 0 Å². The van der Waals surface area contributed by atoms with Crippen LogP contribution in [-0.2, 0) is 0 Å². The molecular weight excluding hydrogens is 248 g/mol. The summed E-state index contributed by atoms with van der Waals surface area (Å²) in [5, 5.41) is 19.9. The topological polar surface area (TPSA) is 83.7 Å². The summed E-state index contributed by atoms with van der Waals surface area (Å²) in [6, 6.07) is 4.25. The van der Waals surface area contributed by atoms with E-state index in [2.05, 4.69) is 6.58 Å². The number of anilines is 1. The summed E-state index contributed by atoms with van der Waals surface area (Å²) in [6.07, 6.45) is 3.71. The minimum atomic E-state index is -1.16. The Hall–Kier alpha value is -2.37. The van der Waals surface area contributed by atoms with E-state index in [-0.39, 0.29) is 11.3 Å². The molecular formula is C13H14N2O4. The van der Waals surface area contributed by atoms with Crippen LogP contribution in [0.15, 0.2) is 30.9 Å². The number of carbonyl (C=O) groups is 1. The zero-order valence-electron chi connectivity index (χ0n) is 10.3. The van der Waals surface area contributed by atoms with Gasteiger partial charge in [0.1, 0.15) is 0 Å². The summed E-state index contributed by atoms with van der Waals surface area (Å²) >= 11 is 0. The fourth-order valence-corrected chi connectivity index (χ4v) is 2.03. The summed E-state index contributed by atoms with van der Waals surface area (Å²) in [4.78, 5) is 23.3. The van der Waals surface area contributed by atoms with Crippen LogP contribution in [0.5, 0.6) is 0 Å². The van der Waals surface area contributed by atoms with E-state index < -0.39 is 10.9 Å². The van der Waals surface area contributed by atoms with Gasteiger partial charge in [-0.05, 0) is 18.9 Å². The molecule has 1 N–H and O–H groups in total. The predicted octanol–water partition coefficient (Wildman–Crippen LogP) is 2.45. The highest BCUT2D eigenvalue weighted by Gasteiger charge is 2.31. The number of nitrogens with zero attached hydrogens (tertiary/aromatic N) is 2. The van der Waals surface area contributed by atoms with Gasteiger partial charge in [-0.1, -0.05) is 6.08 Å². The lowest BCUT2D eigenvalue weighted by molar-refractivity contribution is -0.384. The molecule has 0 bridgehead atoms. The molecule has 0 aromatic heterocycles. The fraction of sp³-hybridized carbons (Fsp3) is 0.308. The van der Waals surface area contributed by atoms with Gasteiger partial charge in [0.15, 0.2) is 0 Å². The van der Waals surface area contributed by atoms with Gasteiger partial charge < -0.3 is 10.0 Å². The highest BCUT2D eigenvalue weighted by molar-refractivity contribution is 5.95. The van der Waals surface area contributed by atoms with Crippen molar-refractivity contribution in [2.75, 3.05) is 11.4 Å². The highest BCUT2D eigenvalue weighted by Crippen LogP contribution is 2.34. The molecule has 6 nitrogen and oxygen atoms in total. The van der Waals surface area contributed by atoms with Crippen LogP contribution in [0.1, 0.15) is 23.2 Å². The van der Waals surface area contributed by atoms with Crippen molar-refractivity contribution in [2.24, 2.45) is 0 Å². The van der Waals surface area contributed by atoms with Gasteiger partial charge in [-0.15, -0.1) is 6.58 Å². The molecule has 2 rings (SSSR count). The van der Waals surface area contributed by atoms with Crippen molar-refractivity contribution in [1.29, 1.82) is 0 Å². The molecule has 100 valence electrons.